The van der Waals surface area contributed by atoms with E-state index in [2.05, 4.69) is 35.9 Å². The average molecular weight is 415 g/mol. The highest BCUT2D eigenvalue weighted by Gasteiger charge is 2.25. The summed E-state index contributed by atoms with van der Waals surface area (Å²) in [5.41, 5.74) is 0.430. The van der Waals surface area contributed by atoms with E-state index >= 15 is 0 Å². The van der Waals surface area contributed by atoms with E-state index in [0.29, 0.717) is 10.7 Å². The van der Waals surface area contributed by atoms with Gasteiger partial charge in [-0.2, -0.15) is 5.10 Å². The summed E-state index contributed by atoms with van der Waals surface area (Å²) in [5, 5.41) is 22.8. The number of anilines is 3. The molecule has 0 saturated carbocycles. The van der Waals surface area contributed by atoms with Gasteiger partial charge in [0, 0.05) is 32.4 Å². The van der Waals surface area contributed by atoms with Crippen LogP contribution in [-0.4, -0.2) is 52.5 Å². The van der Waals surface area contributed by atoms with Crippen LogP contribution >= 0.6 is 11.3 Å². The molecule has 1 saturated heterocycles. The molecule has 1 aromatic carbocycles. The Bertz CT molecular complexity index is 1040. The molecule has 0 bridgehead atoms. The lowest BCUT2D eigenvalue weighted by atomic mass is 10.1. The number of hydrogen-bond donors (Lipinski definition) is 2. The fourth-order valence-corrected chi connectivity index (χ4v) is 3.85. The van der Waals surface area contributed by atoms with Crippen molar-refractivity contribution in [1.29, 1.82) is 0 Å². The molecular weight excluding hydrogens is 390 g/mol. The van der Waals surface area contributed by atoms with Gasteiger partial charge in [-0.3, -0.25) is 10.1 Å². The molecule has 1 fully saturated rings. The number of benzene rings is 1. The monoisotopic (exact) mass is 414 g/mol. The molecule has 2 aromatic heterocycles. The van der Waals surface area contributed by atoms with Crippen LogP contribution < -0.4 is 15.5 Å². The molecule has 0 spiro atoms. The maximum atomic E-state index is 12.8. The molecule has 1 amide bonds. The molecule has 3 aromatic rings. The Hall–Kier alpha value is -3.11. The van der Waals surface area contributed by atoms with Crippen LogP contribution in [0.4, 0.5) is 16.1 Å². The molecule has 150 valence electrons. The molecule has 1 aliphatic rings. The Kier molecular flexibility index (Phi) is 4.86. The molecular formula is C19H21N7O2S. The molecule has 0 aliphatic carbocycles. The van der Waals surface area contributed by atoms with Crippen molar-refractivity contribution >= 4 is 33.3 Å². The summed E-state index contributed by atoms with van der Waals surface area (Å²) < 4.78 is 27.2. The van der Waals surface area contributed by atoms with Crippen molar-refractivity contribution in [3.8, 4) is 0 Å². The van der Waals surface area contributed by atoms with Gasteiger partial charge in [-0.25, -0.2) is 0 Å². The van der Waals surface area contributed by atoms with Crippen LogP contribution in [0, 0.1) is 0 Å². The molecule has 9 nitrogen and oxygen atoms in total. The van der Waals surface area contributed by atoms with Crippen LogP contribution in [0.3, 0.4) is 0 Å². The first kappa shape index (κ1) is 15.8. The SMILES string of the molecule is [2H]C([2H])([2H])O[C@H](C(=O)Nc1nnc(N[C@@H]2CCN(c3cccnn3)C2)s1)c1ccccc1. The summed E-state index contributed by atoms with van der Waals surface area (Å²) in [4.78, 5) is 14.9. The van der Waals surface area contributed by atoms with Gasteiger partial charge in [0.1, 0.15) is 0 Å². The Morgan fingerprint density at radius 2 is 2.10 bits per heavy atom. The number of amides is 1. The second kappa shape index (κ2) is 8.93. The maximum Gasteiger partial charge on any atom is 0.259 e. The lowest BCUT2D eigenvalue weighted by Crippen LogP contribution is -2.26. The zero-order valence-corrected chi connectivity index (χ0v) is 16.2. The summed E-state index contributed by atoms with van der Waals surface area (Å²) in [5.74, 6) is 0.188. The summed E-state index contributed by atoms with van der Waals surface area (Å²) in [7, 11) is -2.73. The van der Waals surface area contributed by atoms with Crippen molar-refractivity contribution in [1.82, 2.24) is 20.4 Å². The van der Waals surface area contributed by atoms with E-state index in [0.717, 1.165) is 25.3 Å². The van der Waals surface area contributed by atoms with Crippen molar-refractivity contribution < 1.29 is 13.6 Å². The van der Waals surface area contributed by atoms with Crippen molar-refractivity contribution in [2.45, 2.75) is 18.6 Å². The number of nitrogens with zero attached hydrogens (tertiary/aromatic N) is 5. The van der Waals surface area contributed by atoms with Gasteiger partial charge in [-0.15, -0.1) is 15.3 Å². The molecule has 2 N–H and O–H groups in total. The van der Waals surface area contributed by atoms with E-state index in [1.165, 1.54) is 11.3 Å². The highest BCUT2D eigenvalue weighted by Crippen LogP contribution is 2.26. The third-order valence-electron chi connectivity index (χ3n) is 4.51. The van der Waals surface area contributed by atoms with Gasteiger partial charge in [0.05, 0.1) is 4.11 Å². The van der Waals surface area contributed by atoms with E-state index in [9.17, 15) is 4.79 Å². The Balaban J connectivity index is 1.37. The molecule has 0 unspecified atom stereocenters. The third kappa shape index (κ3) is 4.66. The summed E-state index contributed by atoms with van der Waals surface area (Å²) >= 11 is 1.17. The largest absolute Gasteiger partial charge is 0.367 e. The van der Waals surface area contributed by atoms with Gasteiger partial charge < -0.3 is 15.0 Å². The summed E-state index contributed by atoms with van der Waals surface area (Å²) in [6.07, 6.45) is 1.22. The normalized spacial score (nSPS) is 19.1. The van der Waals surface area contributed by atoms with Crippen LogP contribution in [0.15, 0.2) is 48.7 Å². The number of rotatable bonds is 7. The summed E-state index contributed by atoms with van der Waals surface area (Å²) in [6, 6.07) is 12.3. The van der Waals surface area contributed by atoms with Crippen molar-refractivity contribution in [2.75, 3.05) is 35.7 Å². The first-order valence-electron chi connectivity index (χ1n) is 10.5. The van der Waals surface area contributed by atoms with Crippen molar-refractivity contribution in [2.24, 2.45) is 0 Å². The molecule has 0 radical (unpaired) electrons. The maximum absolute atomic E-state index is 12.8. The van der Waals surface area contributed by atoms with Crippen LogP contribution in [0.25, 0.3) is 0 Å². The lowest BCUT2D eigenvalue weighted by molar-refractivity contribution is -0.126. The van der Waals surface area contributed by atoms with Gasteiger partial charge in [0.25, 0.3) is 5.91 Å². The van der Waals surface area contributed by atoms with Crippen molar-refractivity contribution in [3.63, 3.8) is 0 Å². The predicted octanol–water partition coefficient (Wildman–Crippen LogP) is 2.35. The number of aromatic nitrogens is 4. The zero-order chi connectivity index (χ0) is 22.6. The fourth-order valence-electron chi connectivity index (χ4n) is 3.13. The minimum atomic E-state index is -2.73. The predicted molar refractivity (Wildman–Crippen MR) is 111 cm³/mol. The lowest BCUT2D eigenvalue weighted by Gasteiger charge is -2.16. The smallest absolute Gasteiger partial charge is 0.259 e. The average Bonchev–Trinajstić information content (AvgIpc) is 3.42. The van der Waals surface area contributed by atoms with Crippen LogP contribution in [0.2, 0.25) is 0 Å². The Morgan fingerprint density at radius 3 is 2.90 bits per heavy atom. The van der Waals surface area contributed by atoms with Crippen LogP contribution in [0.1, 0.15) is 22.2 Å². The number of carbonyl (C=O) groups excluding carboxylic acids is 1. The molecule has 29 heavy (non-hydrogen) atoms. The van der Waals surface area contributed by atoms with E-state index in [4.69, 9.17) is 8.85 Å². The zero-order valence-electron chi connectivity index (χ0n) is 18.4. The topological polar surface area (TPSA) is 105 Å². The first-order valence-corrected chi connectivity index (χ1v) is 9.85. The second-order valence-corrected chi connectivity index (χ2v) is 7.45. The van der Waals surface area contributed by atoms with E-state index < -0.39 is 19.0 Å². The summed E-state index contributed by atoms with van der Waals surface area (Å²) in [6.45, 7) is 1.58. The number of hydrogen-bond acceptors (Lipinski definition) is 9. The number of ether oxygens (including phenoxy) is 1. The van der Waals surface area contributed by atoms with Crippen LogP contribution in [0.5, 0.6) is 0 Å². The van der Waals surface area contributed by atoms with Crippen LogP contribution in [-0.2, 0) is 9.53 Å². The first-order chi connectivity index (χ1) is 15.4. The number of methoxy groups -OCH3 is 1. The van der Waals surface area contributed by atoms with Gasteiger partial charge in [-0.1, -0.05) is 41.7 Å². The highest BCUT2D eigenvalue weighted by atomic mass is 32.1. The third-order valence-corrected chi connectivity index (χ3v) is 5.28. The molecule has 10 heteroatoms. The van der Waals surface area contributed by atoms with E-state index in [1.54, 1.807) is 36.5 Å². The molecule has 2 atom stereocenters. The van der Waals surface area contributed by atoms with Gasteiger partial charge in [-0.05, 0) is 24.1 Å². The second-order valence-electron chi connectivity index (χ2n) is 6.47. The van der Waals surface area contributed by atoms with E-state index in [-0.39, 0.29) is 11.2 Å². The van der Waals surface area contributed by atoms with E-state index in [1.807, 2.05) is 12.1 Å². The Labute approximate surface area is 176 Å². The highest BCUT2D eigenvalue weighted by molar-refractivity contribution is 7.19. The fraction of sp³-hybridized carbons (Fsp3) is 0.316. The minimum Gasteiger partial charge on any atom is -0.367 e. The quantitative estimate of drug-likeness (QED) is 0.607. The van der Waals surface area contributed by atoms with Gasteiger partial charge >= 0.3 is 0 Å². The minimum absolute atomic E-state index is 0.143. The molecule has 4 rings (SSSR count). The van der Waals surface area contributed by atoms with Gasteiger partial charge in [0.2, 0.25) is 10.3 Å². The standard InChI is InChI=1S/C19H21N7O2S/c1-28-16(13-6-3-2-4-7-13)17(27)22-19-25-24-18(29-19)21-14-9-11-26(12-14)15-8-5-10-20-23-15/h2-8,10,14,16H,9,11-12H2,1H3,(H,21,24)(H,22,25,27)/t14-,16+/m1/s1/i1D3. The van der Waals surface area contributed by atoms with Crippen molar-refractivity contribution in [3.05, 3.63) is 54.2 Å². The molecule has 1 aliphatic heterocycles. The molecule has 3 heterocycles. The number of nitrogens with one attached hydrogen (secondary N) is 2. The Morgan fingerprint density at radius 1 is 1.24 bits per heavy atom. The number of carbonyl (C=O) groups is 1. The van der Waals surface area contributed by atoms with Gasteiger partial charge in [0.15, 0.2) is 11.9 Å².